The molecule has 36 heavy (non-hydrogen) atoms. The van der Waals surface area contributed by atoms with Crippen molar-refractivity contribution in [2.75, 3.05) is 16.8 Å². The highest BCUT2D eigenvalue weighted by molar-refractivity contribution is 6.34. The van der Waals surface area contributed by atoms with Crippen molar-refractivity contribution in [2.24, 2.45) is 0 Å². The summed E-state index contributed by atoms with van der Waals surface area (Å²) in [6, 6.07) is 16.6. The SMILES string of the molecule is CCOc1ccc(N2C(=O)c3ccc(C(=O)Nc4ccc5c(c4)OC4(CCCC4)O5)cc3C2=O)cc1. The molecule has 0 unspecified atom stereocenters. The van der Waals surface area contributed by atoms with Gasteiger partial charge in [-0.05, 0) is 74.4 Å². The number of ether oxygens (including phenoxy) is 3. The van der Waals surface area contributed by atoms with Crippen molar-refractivity contribution >= 4 is 29.1 Å². The van der Waals surface area contributed by atoms with Crippen LogP contribution in [0.1, 0.15) is 63.7 Å². The zero-order valence-electron chi connectivity index (χ0n) is 19.7. The zero-order valence-corrected chi connectivity index (χ0v) is 19.7. The van der Waals surface area contributed by atoms with Crippen molar-refractivity contribution < 1.29 is 28.6 Å². The summed E-state index contributed by atoms with van der Waals surface area (Å²) < 4.78 is 17.5. The predicted molar refractivity (Wildman–Crippen MR) is 132 cm³/mol. The molecule has 8 heteroatoms. The van der Waals surface area contributed by atoms with E-state index in [-0.39, 0.29) is 16.7 Å². The number of hydrogen-bond donors (Lipinski definition) is 1. The van der Waals surface area contributed by atoms with Crippen LogP contribution in [0.15, 0.2) is 60.7 Å². The van der Waals surface area contributed by atoms with E-state index in [0.29, 0.717) is 35.2 Å². The molecule has 1 fully saturated rings. The summed E-state index contributed by atoms with van der Waals surface area (Å²) in [7, 11) is 0. The van der Waals surface area contributed by atoms with Gasteiger partial charge < -0.3 is 19.5 Å². The third-order valence-electron chi connectivity index (χ3n) is 6.71. The number of nitrogens with zero attached hydrogens (tertiary/aromatic N) is 1. The van der Waals surface area contributed by atoms with Crippen molar-refractivity contribution in [3.05, 3.63) is 77.4 Å². The lowest BCUT2D eigenvalue weighted by Crippen LogP contribution is -2.34. The van der Waals surface area contributed by atoms with Crippen LogP contribution in [0.3, 0.4) is 0 Å². The van der Waals surface area contributed by atoms with Crippen molar-refractivity contribution in [2.45, 2.75) is 38.4 Å². The van der Waals surface area contributed by atoms with Crippen LogP contribution >= 0.6 is 0 Å². The molecule has 3 aromatic rings. The first-order valence-corrected chi connectivity index (χ1v) is 12.1. The van der Waals surface area contributed by atoms with Gasteiger partial charge >= 0.3 is 0 Å². The summed E-state index contributed by atoms with van der Waals surface area (Å²) in [4.78, 5) is 40.2. The number of nitrogens with one attached hydrogen (secondary N) is 1. The van der Waals surface area contributed by atoms with E-state index in [2.05, 4.69) is 5.32 Å². The molecule has 3 amide bonds. The van der Waals surface area contributed by atoms with Crippen molar-refractivity contribution in [3.8, 4) is 17.2 Å². The Labute approximate surface area is 207 Å². The van der Waals surface area contributed by atoms with Gasteiger partial charge in [-0.3, -0.25) is 14.4 Å². The van der Waals surface area contributed by atoms with Crippen LogP contribution in [0.25, 0.3) is 0 Å². The van der Waals surface area contributed by atoms with Crippen LogP contribution in [0.2, 0.25) is 0 Å². The minimum atomic E-state index is -0.576. The van der Waals surface area contributed by atoms with Crippen LogP contribution in [0.4, 0.5) is 11.4 Å². The Bertz CT molecular complexity index is 1390. The largest absolute Gasteiger partial charge is 0.494 e. The molecule has 182 valence electrons. The molecule has 0 bridgehead atoms. The number of carbonyl (C=O) groups is 3. The molecule has 8 nitrogen and oxygen atoms in total. The van der Waals surface area contributed by atoms with Gasteiger partial charge in [-0.15, -0.1) is 0 Å². The summed E-state index contributed by atoms with van der Waals surface area (Å²) in [5, 5.41) is 2.85. The lowest BCUT2D eigenvalue weighted by Gasteiger charge is -2.21. The Balaban J connectivity index is 1.20. The highest BCUT2D eigenvalue weighted by Gasteiger charge is 2.44. The fourth-order valence-electron chi connectivity index (χ4n) is 4.97. The first-order chi connectivity index (χ1) is 17.5. The van der Waals surface area contributed by atoms with Crippen molar-refractivity contribution in [1.82, 2.24) is 0 Å². The molecule has 3 aromatic carbocycles. The van der Waals surface area contributed by atoms with Gasteiger partial charge in [0.25, 0.3) is 23.5 Å². The van der Waals surface area contributed by atoms with Crippen LogP contribution in [-0.2, 0) is 0 Å². The fraction of sp³-hybridized carbons (Fsp3) is 0.250. The van der Waals surface area contributed by atoms with Crippen LogP contribution < -0.4 is 24.4 Å². The molecule has 0 saturated heterocycles. The molecule has 0 aromatic heterocycles. The quantitative estimate of drug-likeness (QED) is 0.502. The predicted octanol–water partition coefficient (Wildman–Crippen LogP) is 5.18. The average Bonchev–Trinajstić information content (AvgIpc) is 3.56. The number of anilines is 2. The number of amides is 3. The van der Waals surface area contributed by atoms with E-state index >= 15 is 0 Å². The van der Waals surface area contributed by atoms with Crippen molar-refractivity contribution in [3.63, 3.8) is 0 Å². The monoisotopic (exact) mass is 484 g/mol. The van der Waals surface area contributed by atoms with E-state index in [1.807, 2.05) is 6.92 Å². The molecule has 1 N–H and O–H groups in total. The molecule has 1 spiro atoms. The summed E-state index contributed by atoms with van der Waals surface area (Å²) in [6.45, 7) is 2.40. The minimum Gasteiger partial charge on any atom is -0.494 e. The van der Waals surface area contributed by atoms with E-state index in [1.165, 1.54) is 12.1 Å². The Morgan fingerprint density at radius 3 is 2.39 bits per heavy atom. The molecular weight excluding hydrogens is 460 g/mol. The number of hydrogen-bond acceptors (Lipinski definition) is 6. The second-order valence-electron chi connectivity index (χ2n) is 9.07. The summed E-state index contributed by atoms with van der Waals surface area (Å²) in [5.41, 5.74) is 1.71. The summed E-state index contributed by atoms with van der Waals surface area (Å²) in [5.74, 6) is 0.0566. The summed E-state index contributed by atoms with van der Waals surface area (Å²) >= 11 is 0. The van der Waals surface area contributed by atoms with E-state index in [0.717, 1.165) is 30.6 Å². The molecule has 0 atom stereocenters. The van der Waals surface area contributed by atoms with E-state index in [1.54, 1.807) is 48.5 Å². The topological polar surface area (TPSA) is 94.2 Å². The van der Waals surface area contributed by atoms with Crippen molar-refractivity contribution in [1.29, 1.82) is 0 Å². The number of fused-ring (bicyclic) bond motifs is 2. The Hall–Kier alpha value is -4.33. The van der Waals surface area contributed by atoms with Gasteiger partial charge in [0.2, 0.25) is 0 Å². The molecule has 1 saturated carbocycles. The Morgan fingerprint density at radius 2 is 1.64 bits per heavy atom. The average molecular weight is 485 g/mol. The molecule has 0 radical (unpaired) electrons. The molecule has 2 heterocycles. The molecular formula is C28H24N2O6. The maximum absolute atomic E-state index is 13.1. The van der Waals surface area contributed by atoms with Gasteiger partial charge in [0.05, 0.1) is 23.4 Å². The second-order valence-corrected chi connectivity index (χ2v) is 9.07. The minimum absolute atomic E-state index is 0.190. The summed E-state index contributed by atoms with van der Waals surface area (Å²) in [6.07, 6.45) is 3.82. The number of benzene rings is 3. The van der Waals surface area contributed by atoms with E-state index < -0.39 is 23.5 Å². The zero-order chi connectivity index (χ0) is 24.9. The second kappa shape index (κ2) is 8.41. The van der Waals surface area contributed by atoms with Gasteiger partial charge in [0.15, 0.2) is 11.5 Å². The highest BCUT2D eigenvalue weighted by Crippen LogP contribution is 2.47. The lowest BCUT2D eigenvalue weighted by molar-refractivity contribution is -0.0716. The number of imide groups is 1. The first-order valence-electron chi connectivity index (χ1n) is 12.1. The normalized spacial score (nSPS) is 17.0. The lowest BCUT2D eigenvalue weighted by atomic mass is 10.1. The fourth-order valence-corrected chi connectivity index (χ4v) is 4.97. The Kier molecular flexibility index (Phi) is 5.17. The maximum atomic E-state index is 13.1. The molecule has 2 aliphatic heterocycles. The standard InChI is InChI=1S/C28H24N2O6/c1-2-34-20-9-7-19(8-10-20)30-26(32)21-11-5-17(15-22(21)27(30)33)25(31)29-18-6-12-23-24(16-18)36-28(35-23)13-3-4-14-28/h5-12,15-16H,2-4,13-14H2,1H3,(H,29,31). The third-order valence-corrected chi connectivity index (χ3v) is 6.71. The molecule has 3 aliphatic rings. The van der Waals surface area contributed by atoms with Gasteiger partial charge in [-0.25, -0.2) is 4.90 Å². The van der Waals surface area contributed by atoms with Crippen LogP contribution in [0, 0.1) is 0 Å². The van der Waals surface area contributed by atoms with Crippen LogP contribution in [0.5, 0.6) is 17.2 Å². The van der Waals surface area contributed by atoms with Gasteiger partial charge in [-0.2, -0.15) is 0 Å². The van der Waals surface area contributed by atoms with Gasteiger partial charge in [-0.1, -0.05) is 0 Å². The van der Waals surface area contributed by atoms with E-state index in [4.69, 9.17) is 14.2 Å². The highest BCUT2D eigenvalue weighted by atomic mass is 16.7. The maximum Gasteiger partial charge on any atom is 0.266 e. The first kappa shape index (κ1) is 22.2. The van der Waals surface area contributed by atoms with Crippen LogP contribution in [-0.4, -0.2) is 30.1 Å². The molecule has 1 aliphatic carbocycles. The smallest absolute Gasteiger partial charge is 0.266 e. The van der Waals surface area contributed by atoms with Gasteiger partial charge in [0.1, 0.15) is 5.75 Å². The Morgan fingerprint density at radius 1 is 0.917 bits per heavy atom. The molecule has 6 rings (SSSR count). The van der Waals surface area contributed by atoms with Gasteiger partial charge in [0, 0.05) is 30.2 Å². The third kappa shape index (κ3) is 3.66. The number of carbonyl (C=O) groups excluding carboxylic acids is 3. The number of rotatable bonds is 5. The van der Waals surface area contributed by atoms with E-state index in [9.17, 15) is 14.4 Å².